The van der Waals surface area contributed by atoms with Gasteiger partial charge in [-0.3, -0.25) is 0 Å². The lowest BCUT2D eigenvalue weighted by atomic mass is 10.2. The first kappa shape index (κ1) is 12.4. The van der Waals surface area contributed by atoms with Crippen molar-refractivity contribution in [2.45, 2.75) is 18.8 Å². The van der Waals surface area contributed by atoms with Gasteiger partial charge in [0, 0.05) is 17.7 Å². The summed E-state index contributed by atoms with van der Waals surface area (Å²) in [5, 5.41) is 12.1. The number of hydrogen-bond acceptors (Lipinski definition) is 6. The molecule has 6 heteroatoms. The molecule has 0 bridgehead atoms. The van der Waals surface area contributed by atoms with Crippen LogP contribution in [0.3, 0.4) is 0 Å². The van der Waals surface area contributed by atoms with Gasteiger partial charge >= 0.3 is 0 Å². The number of nitrogens with one attached hydrogen (secondary N) is 2. The largest absolute Gasteiger partial charge is 0.340 e. The van der Waals surface area contributed by atoms with E-state index in [1.165, 1.54) is 0 Å². The van der Waals surface area contributed by atoms with Crippen LogP contribution in [-0.2, 0) is 0 Å². The highest BCUT2D eigenvalue weighted by Crippen LogP contribution is 2.39. The number of hydrogen-bond donors (Lipinski definition) is 3. The van der Waals surface area contributed by atoms with E-state index < -0.39 is 0 Å². The van der Waals surface area contributed by atoms with Gasteiger partial charge in [0.05, 0.1) is 11.6 Å². The van der Waals surface area contributed by atoms with Crippen molar-refractivity contribution in [2.75, 3.05) is 10.7 Å². The molecule has 2 aromatic rings. The van der Waals surface area contributed by atoms with Crippen LogP contribution in [-0.4, -0.2) is 9.97 Å². The van der Waals surface area contributed by atoms with Crippen LogP contribution in [0.2, 0.25) is 0 Å². The molecule has 0 radical (unpaired) electrons. The Hall–Kier alpha value is -2.65. The van der Waals surface area contributed by atoms with E-state index in [0.717, 1.165) is 24.4 Å². The molecule has 1 aromatic carbocycles. The Kier molecular flexibility index (Phi) is 3.19. The Labute approximate surface area is 116 Å². The van der Waals surface area contributed by atoms with Crippen LogP contribution in [0.15, 0.2) is 30.3 Å². The van der Waals surface area contributed by atoms with Crippen molar-refractivity contribution in [3.8, 4) is 6.07 Å². The molecule has 1 fully saturated rings. The Balaban J connectivity index is 1.89. The van der Waals surface area contributed by atoms with Gasteiger partial charge in [0.15, 0.2) is 0 Å². The van der Waals surface area contributed by atoms with E-state index >= 15 is 0 Å². The second-order valence-electron chi connectivity index (χ2n) is 4.73. The van der Waals surface area contributed by atoms with Crippen LogP contribution in [0.4, 0.5) is 17.3 Å². The van der Waals surface area contributed by atoms with Gasteiger partial charge in [-0.25, -0.2) is 15.8 Å². The third-order valence-corrected chi connectivity index (χ3v) is 3.10. The van der Waals surface area contributed by atoms with Crippen molar-refractivity contribution >= 4 is 17.3 Å². The van der Waals surface area contributed by atoms with E-state index in [2.05, 4.69) is 26.8 Å². The van der Waals surface area contributed by atoms with Crippen LogP contribution in [0.5, 0.6) is 0 Å². The number of benzene rings is 1. The van der Waals surface area contributed by atoms with E-state index in [1.54, 1.807) is 18.2 Å². The third kappa shape index (κ3) is 2.68. The van der Waals surface area contributed by atoms with Gasteiger partial charge in [-0.1, -0.05) is 6.07 Å². The fourth-order valence-electron chi connectivity index (χ4n) is 1.94. The van der Waals surface area contributed by atoms with Crippen molar-refractivity contribution in [1.82, 2.24) is 9.97 Å². The van der Waals surface area contributed by atoms with Gasteiger partial charge in [0.2, 0.25) is 0 Å². The van der Waals surface area contributed by atoms with E-state index in [4.69, 9.17) is 11.1 Å². The molecule has 1 saturated carbocycles. The van der Waals surface area contributed by atoms with Crippen LogP contribution in [0.1, 0.15) is 30.1 Å². The minimum absolute atomic E-state index is 0.439. The first-order valence-corrected chi connectivity index (χ1v) is 6.41. The summed E-state index contributed by atoms with van der Waals surface area (Å²) >= 11 is 0. The van der Waals surface area contributed by atoms with Gasteiger partial charge in [-0.05, 0) is 31.0 Å². The number of nitrogen functional groups attached to an aromatic ring is 1. The zero-order valence-electron chi connectivity index (χ0n) is 10.8. The first-order valence-electron chi connectivity index (χ1n) is 6.41. The predicted octanol–water partition coefficient (Wildman–Crippen LogP) is 2.25. The van der Waals surface area contributed by atoms with Crippen LogP contribution in [0.25, 0.3) is 0 Å². The predicted molar refractivity (Wildman–Crippen MR) is 76.3 cm³/mol. The fraction of sp³-hybridized carbons (Fsp3) is 0.214. The topological polar surface area (TPSA) is 99.7 Å². The van der Waals surface area contributed by atoms with E-state index in [0.29, 0.717) is 23.1 Å². The SMILES string of the molecule is N#Cc1cccc(Nc2cc(NN)nc(C3CC3)n2)c1. The molecule has 0 atom stereocenters. The molecule has 0 amide bonds. The maximum atomic E-state index is 8.91. The second kappa shape index (κ2) is 5.15. The summed E-state index contributed by atoms with van der Waals surface area (Å²) in [5.41, 5.74) is 3.97. The Morgan fingerprint density at radius 2 is 2.00 bits per heavy atom. The molecule has 1 aliphatic rings. The highest BCUT2D eigenvalue weighted by molar-refractivity contribution is 5.61. The fourth-order valence-corrected chi connectivity index (χ4v) is 1.94. The number of aromatic nitrogens is 2. The zero-order valence-corrected chi connectivity index (χ0v) is 10.8. The number of rotatable bonds is 4. The molecule has 1 heterocycles. The highest BCUT2D eigenvalue weighted by Gasteiger charge is 2.27. The van der Waals surface area contributed by atoms with Crippen LogP contribution < -0.4 is 16.6 Å². The molecular weight excluding hydrogens is 252 g/mol. The molecule has 1 aliphatic carbocycles. The quantitative estimate of drug-likeness (QED) is 0.579. The maximum Gasteiger partial charge on any atom is 0.145 e. The second-order valence-corrected chi connectivity index (χ2v) is 4.73. The van der Waals surface area contributed by atoms with E-state index in [1.807, 2.05) is 12.1 Å². The number of nitriles is 1. The lowest BCUT2D eigenvalue weighted by Crippen LogP contribution is -2.11. The standard InChI is InChI=1S/C14H14N6/c15-8-9-2-1-3-11(6-9)17-12-7-13(20-16)19-14(18-12)10-4-5-10/h1-3,6-7,10H,4-5,16H2,(H2,17,18,19,20). The summed E-state index contributed by atoms with van der Waals surface area (Å²) in [6.07, 6.45) is 2.24. The lowest BCUT2D eigenvalue weighted by Gasteiger charge is -2.09. The Bertz CT molecular complexity index is 672. The third-order valence-electron chi connectivity index (χ3n) is 3.10. The highest BCUT2D eigenvalue weighted by atomic mass is 15.3. The van der Waals surface area contributed by atoms with Gasteiger partial charge in [0.1, 0.15) is 17.5 Å². The van der Waals surface area contributed by atoms with Crippen molar-refractivity contribution in [3.05, 3.63) is 41.7 Å². The van der Waals surface area contributed by atoms with Gasteiger partial charge in [-0.15, -0.1) is 0 Å². The van der Waals surface area contributed by atoms with Crippen LogP contribution in [0, 0.1) is 11.3 Å². The Morgan fingerprint density at radius 3 is 2.70 bits per heavy atom. The summed E-state index contributed by atoms with van der Waals surface area (Å²) in [6, 6.07) is 11.1. The molecule has 1 aromatic heterocycles. The summed E-state index contributed by atoms with van der Waals surface area (Å²) < 4.78 is 0. The van der Waals surface area contributed by atoms with E-state index in [9.17, 15) is 0 Å². The molecule has 0 saturated heterocycles. The van der Waals surface area contributed by atoms with Crippen molar-refractivity contribution < 1.29 is 0 Å². The Morgan fingerprint density at radius 1 is 1.20 bits per heavy atom. The van der Waals surface area contributed by atoms with Gasteiger partial charge < -0.3 is 10.7 Å². The molecule has 4 N–H and O–H groups in total. The molecule has 0 aliphatic heterocycles. The van der Waals surface area contributed by atoms with Crippen LogP contribution >= 0.6 is 0 Å². The summed E-state index contributed by atoms with van der Waals surface area (Å²) in [4.78, 5) is 8.84. The zero-order chi connectivity index (χ0) is 13.9. The average Bonchev–Trinajstić information content (AvgIpc) is 3.31. The number of hydrazine groups is 1. The van der Waals surface area contributed by atoms with Crippen molar-refractivity contribution in [3.63, 3.8) is 0 Å². The molecular formula is C14H14N6. The smallest absolute Gasteiger partial charge is 0.145 e. The monoisotopic (exact) mass is 266 g/mol. The number of anilines is 3. The normalized spacial score (nSPS) is 13.6. The molecule has 100 valence electrons. The summed E-state index contributed by atoms with van der Waals surface area (Å²) in [5.74, 6) is 7.94. The minimum Gasteiger partial charge on any atom is -0.340 e. The molecule has 0 unspecified atom stereocenters. The minimum atomic E-state index is 0.439. The average molecular weight is 266 g/mol. The van der Waals surface area contributed by atoms with Gasteiger partial charge in [0.25, 0.3) is 0 Å². The molecule has 20 heavy (non-hydrogen) atoms. The summed E-state index contributed by atoms with van der Waals surface area (Å²) in [7, 11) is 0. The lowest BCUT2D eigenvalue weighted by molar-refractivity contribution is 0.929. The van der Waals surface area contributed by atoms with Crippen molar-refractivity contribution in [2.24, 2.45) is 5.84 Å². The molecule has 6 nitrogen and oxygen atoms in total. The number of nitrogens with two attached hydrogens (primary N) is 1. The van der Waals surface area contributed by atoms with E-state index in [-0.39, 0.29) is 0 Å². The number of nitrogens with zero attached hydrogens (tertiary/aromatic N) is 3. The van der Waals surface area contributed by atoms with Gasteiger partial charge in [-0.2, -0.15) is 5.26 Å². The molecule has 3 rings (SSSR count). The summed E-state index contributed by atoms with van der Waals surface area (Å²) in [6.45, 7) is 0. The first-order chi connectivity index (χ1) is 9.78. The molecule has 0 spiro atoms. The maximum absolute atomic E-state index is 8.91. The van der Waals surface area contributed by atoms with Crippen molar-refractivity contribution in [1.29, 1.82) is 5.26 Å².